The molecule has 1 aliphatic heterocycles. The fourth-order valence-corrected chi connectivity index (χ4v) is 4.19. The van der Waals surface area contributed by atoms with Gasteiger partial charge < -0.3 is 10.6 Å². The summed E-state index contributed by atoms with van der Waals surface area (Å²) in [5.74, 6) is -0.430. The van der Waals surface area contributed by atoms with Gasteiger partial charge in [-0.25, -0.2) is 9.36 Å². The van der Waals surface area contributed by atoms with Crippen molar-refractivity contribution in [2.24, 2.45) is 0 Å². The number of amides is 1. The number of hydrogen-bond acceptors (Lipinski definition) is 4. The highest BCUT2D eigenvalue weighted by molar-refractivity contribution is 6.30. The molecule has 0 unspecified atom stereocenters. The Balaban J connectivity index is 1.31. The summed E-state index contributed by atoms with van der Waals surface area (Å²) in [6.45, 7) is 0.198. The van der Waals surface area contributed by atoms with Gasteiger partial charge >= 0.3 is 6.18 Å². The molecule has 0 bridgehead atoms. The fraction of sp³-hybridized carbons (Fsp3) is 0.208. The van der Waals surface area contributed by atoms with Crippen LogP contribution < -0.4 is 10.6 Å². The summed E-state index contributed by atoms with van der Waals surface area (Å²) in [4.78, 5) is 12.7. The van der Waals surface area contributed by atoms with Crippen molar-refractivity contribution in [3.63, 3.8) is 0 Å². The molecule has 4 aromatic rings. The molecule has 2 aromatic heterocycles. The van der Waals surface area contributed by atoms with Gasteiger partial charge in [-0.15, -0.1) is 0 Å². The quantitative estimate of drug-likeness (QED) is 0.389. The maximum absolute atomic E-state index is 13.9. The molecule has 0 radical (unpaired) electrons. The smallest absolute Gasteiger partial charge is 0.363 e. The Kier molecular flexibility index (Phi) is 5.98. The van der Waals surface area contributed by atoms with Gasteiger partial charge in [-0.05, 0) is 41.5 Å². The van der Waals surface area contributed by atoms with Gasteiger partial charge in [-0.2, -0.15) is 23.4 Å². The first-order chi connectivity index (χ1) is 16.8. The van der Waals surface area contributed by atoms with E-state index in [9.17, 15) is 18.0 Å². The van der Waals surface area contributed by atoms with E-state index in [0.29, 0.717) is 10.6 Å². The molecular weight excluding hydrogens is 481 g/mol. The number of carbonyl (C=O) groups is 1. The minimum Gasteiger partial charge on any atom is -0.363 e. The molecular formula is C24H20ClF3N6O. The van der Waals surface area contributed by atoms with Crippen LogP contribution in [-0.2, 0) is 6.54 Å². The molecule has 0 aliphatic carbocycles. The summed E-state index contributed by atoms with van der Waals surface area (Å²) in [7, 11) is 0. The van der Waals surface area contributed by atoms with E-state index < -0.39 is 24.2 Å². The third-order valence-electron chi connectivity index (χ3n) is 5.85. The Morgan fingerprint density at radius 2 is 1.89 bits per heavy atom. The Morgan fingerprint density at radius 3 is 2.54 bits per heavy atom. The molecule has 7 nitrogen and oxygen atoms in total. The first kappa shape index (κ1) is 23.0. The molecule has 0 fully saturated rings. The number of carbonyl (C=O) groups excluding carboxylic acids is 1. The molecule has 0 spiro atoms. The van der Waals surface area contributed by atoms with E-state index in [2.05, 4.69) is 20.8 Å². The number of aromatic nitrogens is 4. The number of alkyl halides is 3. The van der Waals surface area contributed by atoms with Crippen molar-refractivity contribution < 1.29 is 18.0 Å². The van der Waals surface area contributed by atoms with Crippen LogP contribution in [0, 0.1) is 0 Å². The normalized spacial score (nSPS) is 17.5. The number of nitrogens with one attached hydrogen (secondary N) is 2. The van der Waals surface area contributed by atoms with Crippen LogP contribution in [0.15, 0.2) is 73.1 Å². The van der Waals surface area contributed by atoms with Crippen LogP contribution in [0.1, 0.15) is 40.1 Å². The second kappa shape index (κ2) is 9.10. The average Bonchev–Trinajstić information content (AvgIpc) is 3.52. The van der Waals surface area contributed by atoms with Crippen molar-refractivity contribution >= 4 is 23.3 Å². The van der Waals surface area contributed by atoms with Crippen LogP contribution in [0.3, 0.4) is 0 Å². The minimum absolute atomic E-state index is 0.0910. The lowest BCUT2D eigenvalue weighted by Gasteiger charge is -2.33. The molecule has 2 aromatic carbocycles. The highest BCUT2D eigenvalue weighted by Gasteiger charge is 2.46. The van der Waals surface area contributed by atoms with Gasteiger partial charge in [0.2, 0.25) is 0 Å². The monoisotopic (exact) mass is 500 g/mol. The molecule has 0 saturated carbocycles. The number of fused-ring (bicyclic) bond motifs is 1. The first-order valence-corrected chi connectivity index (χ1v) is 11.2. The zero-order chi connectivity index (χ0) is 24.6. The summed E-state index contributed by atoms with van der Waals surface area (Å²) in [6, 6.07) is 14.7. The zero-order valence-corrected chi connectivity index (χ0v) is 19.0. The van der Waals surface area contributed by atoms with E-state index in [1.54, 1.807) is 35.1 Å². The van der Waals surface area contributed by atoms with Crippen LogP contribution in [0.2, 0.25) is 5.02 Å². The topological polar surface area (TPSA) is 76.8 Å². The van der Waals surface area contributed by atoms with Crippen LogP contribution in [0.25, 0.3) is 5.69 Å². The zero-order valence-electron chi connectivity index (χ0n) is 18.2. The van der Waals surface area contributed by atoms with E-state index >= 15 is 0 Å². The summed E-state index contributed by atoms with van der Waals surface area (Å²) in [6.07, 6.45) is -1.30. The molecule has 3 heterocycles. The van der Waals surface area contributed by atoms with Crippen molar-refractivity contribution in [3.05, 3.63) is 94.9 Å². The number of benzene rings is 2. The van der Waals surface area contributed by atoms with Crippen molar-refractivity contribution in [1.29, 1.82) is 0 Å². The summed E-state index contributed by atoms with van der Waals surface area (Å²) in [5, 5.41) is 14.4. The molecule has 0 saturated heterocycles. The van der Waals surface area contributed by atoms with E-state index in [1.165, 1.54) is 6.07 Å². The maximum atomic E-state index is 13.9. The number of halogens is 4. The van der Waals surface area contributed by atoms with Gasteiger partial charge in [-0.1, -0.05) is 35.9 Å². The highest BCUT2D eigenvalue weighted by Crippen LogP contribution is 2.43. The van der Waals surface area contributed by atoms with Crippen LogP contribution >= 0.6 is 11.6 Å². The number of hydrogen-bond donors (Lipinski definition) is 2. The standard InChI is InChI=1S/C24H20ClF3N6O/c25-17-6-4-16(5-7-17)19-12-21(24(26,27)28)34-22(31-19)13-20(32-34)23(35)29-14-15-2-8-18(9-3-15)33-11-1-10-30-33/h1-11,13,19,21,31H,12,14H2,(H,29,35)/t19-,21+/m0/s1. The Labute approximate surface area is 203 Å². The van der Waals surface area contributed by atoms with Gasteiger partial charge in [0.25, 0.3) is 5.91 Å². The molecule has 2 N–H and O–H groups in total. The van der Waals surface area contributed by atoms with Gasteiger partial charge in [0.05, 0.1) is 11.7 Å². The largest absolute Gasteiger partial charge is 0.410 e. The van der Waals surface area contributed by atoms with E-state index in [4.69, 9.17) is 11.6 Å². The Bertz CT molecular complexity index is 1320. The second-order valence-corrected chi connectivity index (χ2v) is 8.64. The van der Waals surface area contributed by atoms with Crippen molar-refractivity contribution in [3.8, 4) is 5.69 Å². The van der Waals surface area contributed by atoms with Crippen LogP contribution in [0.4, 0.5) is 19.0 Å². The van der Waals surface area contributed by atoms with Crippen molar-refractivity contribution in [2.75, 3.05) is 5.32 Å². The van der Waals surface area contributed by atoms with Gasteiger partial charge in [0.15, 0.2) is 11.7 Å². The van der Waals surface area contributed by atoms with Gasteiger partial charge in [0.1, 0.15) is 5.82 Å². The summed E-state index contributed by atoms with van der Waals surface area (Å²) >= 11 is 5.91. The summed E-state index contributed by atoms with van der Waals surface area (Å²) in [5.41, 5.74) is 2.27. The Morgan fingerprint density at radius 1 is 1.14 bits per heavy atom. The molecule has 1 aliphatic rings. The molecule has 1 amide bonds. The van der Waals surface area contributed by atoms with Crippen molar-refractivity contribution in [1.82, 2.24) is 24.9 Å². The lowest BCUT2D eigenvalue weighted by Crippen LogP contribution is -2.35. The number of rotatable bonds is 5. The SMILES string of the molecule is O=C(NCc1ccc(-n2cccn2)cc1)c1cc2n(n1)[C@@H](C(F)(F)F)C[C@@H](c1ccc(Cl)cc1)N2. The van der Waals surface area contributed by atoms with E-state index in [-0.39, 0.29) is 24.5 Å². The first-order valence-electron chi connectivity index (χ1n) is 10.8. The van der Waals surface area contributed by atoms with Gasteiger partial charge in [0, 0.05) is 36.4 Å². The average molecular weight is 501 g/mol. The molecule has 5 rings (SSSR count). The lowest BCUT2D eigenvalue weighted by molar-refractivity contribution is -0.173. The van der Waals surface area contributed by atoms with Crippen LogP contribution in [0.5, 0.6) is 0 Å². The molecule has 35 heavy (non-hydrogen) atoms. The molecule has 2 atom stereocenters. The third-order valence-corrected chi connectivity index (χ3v) is 6.11. The van der Waals surface area contributed by atoms with Crippen molar-refractivity contribution in [2.45, 2.75) is 31.2 Å². The Hall–Kier alpha value is -3.79. The molecule has 180 valence electrons. The predicted molar refractivity (Wildman–Crippen MR) is 124 cm³/mol. The second-order valence-electron chi connectivity index (χ2n) is 8.20. The minimum atomic E-state index is -4.53. The molecule has 11 heteroatoms. The van der Waals surface area contributed by atoms with E-state index in [0.717, 1.165) is 15.9 Å². The van der Waals surface area contributed by atoms with Crippen LogP contribution in [-0.4, -0.2) is 31.6 Å². The lowest BCUT2D eigenvalue weighted by atomic mass is 9.97. The fourth-order valence-electron chi connectivity index (χ4n) is 4.06. The predicted octanol–water partition coefficient (Wildman–Crippen LogP) is 5.31. The number of anilines is 1. The van der Waals surface area contributed by atoms with Gasteiger partial charge in [-0.3, -0.25) is 4.79 Å². The third kappa shape index (κ3) is 4.88. The summed E-state index contributed by atoms with van der Waals surface area (Å²) < 4.78 is 44.2. The highest BCUT2D eigenvalue weighted by atomic mass is 35.5. The maximum Gasteiger partial charge on any atom is 0.410 e. The number of nitrogens with zero attached hydrogens (tertiary/aromatic N) is 4. The van der Waals surface area contributed by atoms with E-state index in [1.807, 2.05) is 36.5 Å².